The van der Waals surface area contributed by atoms with Crippen molar-refractivity contribution in [3.05, 3.63) is 33.8 Å². The van der Waals surface area contributed by atoms with Gasteiger partial charge in [0, 0.05) is 11.3 Å². The highest BCUT2D eigenvalue weighted by molar-refractivity contribution is 8.00. The number of hydrogen-bond acceptors (Lipinski definition) is 2. The molecule has 88 valence electrons. The van der Waals surface area contributed by atoms with Crippen LogP contribution in [-0.2, 0) is 0 Å². The molecule has 1 heterocycles. The van der Waals surface area contributed by atoms with Crippen molar-refractivity contribution in [3.8, 4) is 0 Å². The minimum atomic E-state index is 0.0695. The third kappa shape index (κ3) is 2.86. The second-order valence-electron chi connectivity index (χ2n) is 4.10. The van der Waals surface area contributed by atoms with Crippen molar-refractivity contribution in [2.45, 2.75) is 30.6 Å². The molecule has 4 heteroatoms. The first-order chi connectivity index (χ1) is 7.68. The molecule has 0 spiro atoms. The summed E-state index contributed by atoms with van der Waals surface area (Å²) in [6.45, 7) is 0. The van der Waals surface area contributed by atoms with E-state index in [4.69, 9.17) is 28.9 Å². The maximum absolute atomic E-state index is 6.27. The van der Waals surface area contributed by atoms with E-state index in [1.807, 2.05) is 30.0 Å². The summed E-state index contributed by atoms with van der Waals surface area (Å²) >= 11 is 13.9. The van der Waals surface area contributed by atoms with Gasteiger partial charge in [0.15, 0.2) is 0 Å². The SMILES string of the molecule is NC(c1ccc(Cl)c(Cl)c1)C1CCCCS1. The van der Waals surface area contributed by atoms with Crippen LogP contribution in [-0.4, -0.2) is 11.0 Å². The van der Waals surface area contributed by atoms with Gasteiger partial charge in [-0.25, -0.2) is 0 Å². The van der Waals surface area contributed by atoms with Gasteiger partial charge < -0.3 is 5.73 Å². The molecule has 16 heavy (non-hydrogen) atoms. The predicted octanol–water partition coefficient (Wildman–Crippen LogP) is 4.28. The van der Waals surface area contributed by atoms with Crippen molar-refractivity contribution >= 4 is 35.0 Å². The fourth-order valence-corrected chi connectivity index (χ4v) is 3.66. The highest BCUT2D eigenvalue weighted by Crippen LogP contribution is 2.35. The van der Waals surface area contributed by atoms with E-state index in [0.29, 0.717) is 15.3 Å². The molecule has 0 aliphatic carbocycles. The minimum Gasteiger partial charge on any atom is -0.323 e. The summed E-state index contributed by atoms with van der Waals surface area (Å²) in [5, 5.41) is 1.70. The van der Waals surface area contributed by atoms with Crippen LogP contribution >= 0.6 is 35.0 Å². The molecule has 0 aromatic heterocycles. The molecule has 0 bridgehead atoms. The van der Waals surface area contributed by atoms with Crippen molar-refractivity contribution in [3.63, 3.8) is 0 Å². The fourth-order valence-electron chi connectivity index (χ4n) is 1.98. The Bertz CT molecular complexity index is 364. The van der Waals surface area contributed by atoms with E-state index in [0.717, 1.165) is 5.56 Å². The fraction of sp³-hybridized carbons (Fsp3) is 0.500. The molecule has 1 fully saturated rings. The Morgan fingerprint density at radius 3 is 2.69 bits per heavy atom. The Morgan fingerprint density at radius 2 is 2.06 bits per heavy atom. The van der Waals surface area contributed by atoms with Crippen LogP contribution in [0.15, 0.2) is 18.2 Å². The summed E-state index contributed by atoms with van der Waals surface area (Å²) in [5.41, 5.74) is 7.36. The molecule has 2 N–H and O–H groups in total. The van der Waals surface area contributed by atoms with Crippen molar-refractivity contribution in [1.29, 1.82) is 0 Å². The van der Waals surface area contributed by atoms with E-state index in [-0.39, 0.29) is 6.04 Å². The Kier molecular flexibility index (Phi) is 4.42. The van der Waals surface area contributed by atoms with Crippen molar-refractivity contribution in [2.75, 3.05) is 5.75 Å². The molecule has 1 aromatic rings. The van der Waals surface area contributed by atoms with Gasteiger partial charge in [0.25, 0.3) is 0 Å². The van der Waals surface area contributed by atoms with Gasteiger partial charge >= 0.3 is 0 Å². The first-order valence-electron chi connectivity index (χ1n) is 5.50. The Balaban J connectivity index is 2.12. The first-order valence-corrected chi connectivity index (χ1v) is 7.31. The van der Waals surface area contributed by atoms with Gasteiger partial charge in [0.05, 0.1) is 10.0 Å². The first kappa shape index (κ1) is 12.6. The normalized spacial score (nSPS) is 23.1. The van der Waals surface area contributed by atoms with E-state index in [2.05, 4.69) is 0 Å². The lowest BCUT2D eigenvalue weighted by atomic mass is 10.0. The van der Waals surface area contributed by atoms with Crippen LogP contribution in [0.3, 0.4) is 0 Å². The Labute approximate surface area is 111 Å². The number of rotatable bonds is 2. The molecule has 2 unspecified atom stereocenters. The zero-order valence-corrected chi connectivity index (χ0v) is 11.3. The molecule has 1 saturated heterocycles. The smallest absolute Gasteiger partial charge is 0.0595 e. The molecule has 2 rings (SSSR count). The molecular weight excluding hydrogens is 261 g/mol. The van der Waals surface area contributed by atoms with Crippen molar-refractivity contribution in [2.24, 2.45) is 5.73 Å². The van der Waals surface area contributed by atoms with Gasteiger partial charge in [-0.15, -0.1) is 0 Å². The molecule has 0 saturated carbocycles. The summed E-state index contributed by atoms with van der Waals surface area (Å²) in [6, 6.07) is 5.77. The topological polar surface area (TPSA) is 26.0 Å². The maximum Gasteiger partial charge on any atom is 0.0595 e. The number of benzene rings is 1. The molecule has 0 radical (unpaired) electrons. The lowest BCUT2D eigenvalue weighted by molar-refractivity contribution is 0.582. The summed E-state index contributed by atoms with van der Waals surface area (Å²) in [5.74, 6) is 1.22. The van der Waals surface area contributed by atoms with Gasteiger partial charge in [-0.3, -0.25) is 0 Å². The highest BCUT2D eigenvalue weighted by atomic mass is 35.5. The zero-order chi connectivity index (χ0) is 11.5. The molecule has 1 nitrogen and oxygen atoms in total. The molecular formula is C12H15Cl2NS. The quantitative estimate of drug-likeness (QED) is 0.872. The molecule has 0 amide bonds. The standard InChI is InChI=1S/C12H15Cl2NS/c13-9-5-4-8(7-10(9)14)12(15)11-3-1-2-6-16-11/h4-5,7,11-12H,1-3,6,15H2. The van der Waals surface area contributed by atoms with Gasteiger partial charge in [0.2, 0.25) is 0 Å². The number of halogens is 2. The van der Waals surface area contributed by atoms with Gasteiger partial charge in [-0.1, -0.05) is 35.7 Å². The molecule has 1 aromatic carbocycles. The maximum atomic E-state index is 6.27. The van der Waals surface area contributed by atoms with Crippen molar-refractivity contribution in [1.82, 2.24) is 0 Å². The molecule has 1 aliphatic rings. The Hall–Kier alpha value is 0.110. The van der Waals surface area contributed by atoms with E-state index in [1.54, 1.807) is 0 Å². The lowest BCUT2D eigenvalue weighted by Gasteiger charge is -2.27. The number of thioether (sulfide) groups is 1. The summed E-state index contributed by atoms with van der Waals surface area (Å²) in [4.78, 5) is 0. The monoisotopic (exact) mass is 275 g/mol. The highest BCUT2D eigenvalue weighted by Gasteiger charge is 2.22. The summed E-state index contributed by atoms with van der Waals surface area (Å²) < 4.78 is 0. The number of hydrogen-bond donors (Lipinski definition) is 1. The van der Waals surface area contributed by atoms with E-state index < -0.39 is 0 Å². The second-order valence-corrected chi connectivity index (χ2v) is 6.27. The molecule has 2 atom stereocenters. The van der Waals surface area contributed by atoms with Crippen LogP contribution in [0.2, 0.25) is 10.0 Å². The van der Waals surface area contributed by atoms with Crippen LogP contribution in [0.1, 0.15) is 30.9 Å². The zero-order valence-electron chi connectivity index (χ0n) is 8.96. The van der Waals surface area contributed by atoms with Gasteiger partial charge in [0.1, 0.15) is 0 Å². The third-order valence-electron chi connectivity index (χ3n) is 2.94. The largest absolute Gasteiger partial charge is 0.323 e. The minimum absolute atomic E-state index is 0.0695. The van der Waals surface area contributed by atoms with E-state index in [9.17, 15) is 0 Å². The van der Waals surface area contributed by atoms with Crippen LogP contribution in [0.4, 0.5) is 0 Å². The summed E-state index contributed by atoms with van der Waals surface area (Å²) in [6.07, 6.45) is 3.80. The van der Waals surface area contributed by atoms with Crippen LogP contribution in [0, 0.1) is 0 Å². The summed E-state index contributed by atoms with van der Waals surface area (Å²) in [7, 11) is 0. The van der Waals surface area contributed by atoms with E-state index >= 15 is 0 Å². The third-order valence-corrected chi connectivity index (χ3v) is 5.16. The van der Waals surface area contributed by atoms with Gasteiger partial charge in [-0.2, -0.15) is 11.8 Å². The Morgan fingerprint density at radius 1 is 1.25 bits per heavy atom. The average molecular weight is 276 g/mol. The second kappa shape index (κ2) is 5.63. The van der Waals surface area contributed by atoms with Crippen molar-refractivity contribution < 1.29 is 0 Å². The predicted molar refractivity (Wildman–Crippen MR) is 73.5 cm³/mol. The molecule has 1 aliphatic heterocycles. The number of nitrogens with two attached hydrogens (primary N) is 1. The lowest BCUT2D eigenvalue weighted by Crippen LogP contribution is -2.26. The average Bonchev–Trinajstić information content (AvgIpc) is 2.33. The van der Waals surface area contributed by atoms with Crippen LogP contribution < -0.4 is 5.73 Å². The van der Waals surface area contributed by atoms with Crippen LogP contribution in [0.5, 0.6) is 0 Å². The van der Waals surface area contributed by atoms with E-state index in [1.165, 1.54) is 25.0 Å². The van der Waals surface area contributed by atoms with Crippen LogP contribution in [0.25, 0.3) is 0 Å². The van der Waals surface area contributed by atoms with Gasteiger partial charge in [-0.05, 0) is 36.3 Å².